The van der Waals surface area contributed by atoms with Gasteiger partial charge < -0.3 is 15.0 Å². The molecule has 0 saturated carbocycles. The number of aromatic amines is 1. The number of benzene rings is 1. The first kappa shape index (κ1) is 14.4. The molecule has 1 fully saturated rings. The van der Waals surface area contributed by atoms with Gasteiger partial charge in [-0.25, -0.2) is 4.79 Å². The van der Waals surface area contributed by atoms with E-state index in [2.05, 4.69) is 10.3 Å². The van der Waals surface area contributed by atoms with Crippen LogP contribution in [0.15, 0.2) is 29.1 Å². The van der Waals surface area contributed by atoms with Gasteiger partial charge >= 0.3 is 5.69 Å². The predicted molar refractivity (Wildman–Crippen MR) is 83.6 cm³/mol. The number of para-hydroxylation sites is 2. The van der Waals surface area contributed by atoms with Gasteiger partial charge in [0.25, 0.3) is 0 Å². The second kappa shape index (κ2) is 6.91. The summed E-state index contributed by atoms with van der Waals surface area (Å²) in [5.74, 6) is 0.648. The Morgan fingerprint density at radius 2 is 2.24 bits per heavy atom. The molecule has 2 heterocycles. The maximum absolute atomic E-state index is 11.9. The van der Waals surface area contributed by atoms with Crippen LogP contribution < -0.4 is 11.0 Å². The highest BCUT2D eigenvalue weighted by atomic mass is 16.5. The number of aromatic nitrogens is 2. The van der Waals surface area contributed by atoms with Crippen molar-refractivity contribution in [2.75, 3.05) is 26.3 Å². The normalized spacial score (nSPS) is 19.1. The third-order valence-corrected chi connectivity index (χ3v) is 4.10. The molecule has 1 aliphatic rings. The molecule has 5 nitrogen and oxygen atoms in total. The molecule has 0 aliphatic carbocycles. The number of rotatable bonds is 6. The number of nitrogens with zero attached hydrogens (tertiary/aromatic N) is 1. The molecular weight excluding hydrogens is 266 g/mol. The molecule has 21 heavy (non-hydrogen) atoms. The summed E-state index contributed by atoms with van der Waals surface area (Å²) in [4.78, 5) is 14.8. The summed E-state index contributed by atoms with van der Waals surface area (Å²) in [7, 11) is 0. The van der Waals surface area contributed by atoms with Crippen molar-refractivity contribution >= 4 is 11.0 Å². The van der Waals surface area contributed by atoms with Gasteiger partial charge in [0, 0.05) is 19.7 Å². The number of H-pyrrole nitrogens is 1. The summed E-state index contributed by atoms with van der Waals surface area (Å²) < 4.78 is 7.55. The zero-order valence-electron chi connectivity index (χ0n) is 12.3. The molecule has 114 valence electrons. The minimum absolute atomic E-state index is 0.0346. The minimum Gasteiger partial charge on any atom is -0.381 e. The Morgan fingerprint density at radius 3 is 3.10 bits per heavy atom. The van der Waals surface area contributed by atoms with E-state index < -0.39 is 0 Å². The van der Waals surface area contributed by atoms with Gasteiger partial charge in [0.2, 0.25) is 0 Å². The Balaban J connectivity index is 1.46. The van der Waals surface area contributed by atoms with Gasteiger partial charge in [-0.1, -0.05) is 12.1 Å². The van der Waals surface area contributed by atoms with E-state index >= 15 is 0 Å². The van der Waals surface area contributed by atoms with E-state index in [-0.39, 0.29) is 5.69 Å². The van der Waals surface area contributed by atoms with Crippen LogP contribution in [0.4, 0.5) is 0 Å². The summed E-state index contributed by atoms with van der Waals surface area (Å²) >= 11 is 0. The average Bonchev–Trinajstić information content (AvgIpc) is 2.84. The molecule has 1 unspecified atom stereocenters. The molecule has 5 heteroatoms. The van der Waals surface area contributed by atoms with Crippen LogP contribution in [-0.2, 0) is 11.3 Å². The van der Waals surface area contributed by atoms with E-state index in [1.54, 1.807) is 4.57 Å². The van der Waals surface area contributed by atoms with Gasteiger partial charge in [-0.05, 0) is 43.9 Å². The van der Waals surface area contributed by atoms with Crippen LogP contribution in [0.3, 0.4) is 0 Å². The summed E-state index contributed by atoms with van der Waals surface area (Å²) in [6.45, 7) is 4.45. The van der Waals surface area contributed by atoms with E-state index in [0.717, 1.165) is 37.2 Å². The first-order valence-electron chi connectivity index (χ1n) is 7.80. The smallest absolute Gasteiger partial charge is 0.326 e. The summed E-state index contributed by atoms with van der Waals surface area (Å²) in [5, 5.41) is 3.40. The largest absolute Gasteiger partial charge is 0.381 e. The van der Waals surface area contributed by atoms with Crippen molar-refractivity contribution in [3.8, 4) is 0 Å². The molecule has 2 N–H and O–H groups in total. The van der Waals surface area contributed by atoms with Crippen molar-refractivity contribution in [3.05, 3.63) is 34.7 Å². The standard InChI is InChI=1S/C16H23N3O2/c20-16-18-14-6-1-2-7-15(14)19(16)9-4-10-21-12-13-5-3-8-17-11-13/h1-2,6-7,13,17H,3-5,8-12H2,(H,18,20). The first-order chi connectivity index (χ1) is 10.3. The predicted octanol–water partition coefficient (Wildman–Crippen LogP) is 1.74. The molecule has 0 bridgehead atoms. The van der Waals surface area contributed by atoms with Crippen LogP contribution in [0.5, 0.6) is 0 Å². The van der Waals surface area contributed by atoms with Gasteiger partial charge in [0.15, 0.2) is 0 Å². The highest BCUT2D eigenvalue weighted by Crippen LogP contribution is 2.11. The van der Waals surface area contributed by atoms with Crippen molar-refractivity contribution in [2.24, 2.45) is 5.92 Å². The molecular formula is C16H23N3O2. The number of aryl methyl sites for hydroxylation is 1. The van der Waals surface area contributed by atoms with Gasteiger partial charge in [0.05, 0.1) is 17.6 Å². The van der Waals surface area contributed by atoms with Gasteiger partial charge in [0.1, 0.15) is 0 Å². The topological polar surface area (TPSA) is 59.0 Å². The van der Waals surface area contributed by atoms with E-state index in [1.807, 2.05) is 24.3 Å². The molecule has 1 aliphatic heterocycles. The van der Waals surface area contributed by atoms with Crippen LogP contribution in [0.25, 0.3) is 11.0 Å². The number of hydrogen-bond acceptors (Lipinski definition) is 3. The molecule has 1 aromatic heterocycles. The van der Waals surface area contributed by atoms with Crippen LogP contribution >= 0.6 is 0 Å². The molecule has 0 amide bonds. The fourth-order valence-corrected chi connectivity index (χ4v) is 2.97. The lowest BCUT2D eigenvalue weighted by molar-refractivity contribution is 0.0862. The van der Waals surface area contributed by atoms with Crippen molar-refractivity contribution in [1.82, 2.24) is 14.9 Å². The van der Waals surface area contributed by atoms with Crippen molar-refractivity contribution in [3.63, 3.8) is 0 Å². The van der Waals surface area contributed by atoms with Crippen molar-refractivity contribution in [2.45, 2.75) is 25.8 Å². The summed E-state index contributed by atoms with van der Waals surface area (Å²) in [6.07, 6.45) is 3.37. The molecule has 2 aromatic rings. The maximum atomic E-state index is 11.9. The van der Waals surface area contributed by atoms with E-state index in [4.69, 9.17) is 4.74 Å². The molecule has 1 saturated heterocycles. The van der Waals surface area contributed by atoms with Crippen molar-refractivity contribution in [1.29, 1.82) is 0 Å². The van der Waals surface area contributed by atoms with E-state index in [9.17, 15) is 4.79 Å². The van der Waals surface area contributed by atoms with Gasteiger partial charge in [-0.2, -0.15) is 0 Å². The molecule has 3 rings (SSSR count). The fourth-order valence-electron chi connectivity index (χ4n) is 2.97. The minimum atomic E-state index is -0.0346. The first-order valence-corrected chi connectivity index (χ1v) is 7.80. The number of piperidine rings is 1. The highest BCUT2D eigenvalue weighted by Gasteiger charge is 2.12. The molecule has 1 aromatic carbocycles. The van der Waals surface area contributed by atoms with E-state index in [0.29, 0.717) is 19.1 Å². The Kier molecular flexibility index (Phi) is 4.72. The fraction of sp³-hybridized carbons (Fsp3) is 0.562. The summed E-state index contributed by atoms with van der Waals surface area (Å²) in [5.41, 5.74) is 1.84. The second-order valence-corrected chi connectivity index (χ2v) is 5.74. The Bertz CT molecular complexity index is 626. The van der Waals surface area contributed by atoms with Crippen LogP contribution in [-0.4, -0.2) is 35.9 Å². The van der Waals surface area contributed by atoms with Crippen LogP contribution in [0, 0.1) is 5.92 Å². The lowest BCUT2D eigenvalue weighted by atomic mass is 10.0. The molecule has 1 atom stereocenters. The number of ether oxygens (including phenoxy) is 1. The zero-order chi connectivity index (χ0) is 14.5. The van der Waals surface area contributed by atoms with Gasteiger partial charge in [-0.3, -0.25) is 4.57 Å². The van der Waals surface area contributed by atoms with Crippen LogP contribution in [0.2, 0.25) is 0 Å². The Hall–Kier alpha value is -1.59. The Morgan fingerprint density at radius 1 is 1.33 bits per heavy atom. The average molecular weight is 289 g/mol. The quantitative estimate of drug-likeness (QED) is 0.796. The number of imidazole rings is 1. The van der Waals surface area contributed by atoms with Crippen molar-refractivity contribution < 1.29 is 4.74 Å². The second-order valence-electron chi connectivity index (χ2n) is 5.74. The maximum Gasteiger partial charge on any atom is 0.326 e. The molecule has 0 spiro atoms. The Labute approximate surface area is 124 Å². The monoisotopic (exact) mass is 289 g/mol. The zero-order valence-corrected chi connectivity index (χ0v) is 12.3. The summed E-state index contributed by atoms with van der Waals surface area (Å²) in [6, 6.07) is 7.80. The van der Waals surface area contributed by atoms with E-state index in [1.165, 1.54) is 12.8 Å². The molecule has 0 radical (unpaired) electrons. The number of nitrogens with one attached hydrogen (secondary N) is 2. The number of hydrogen-bond donors (Lipinski definition) is 2. The SMILES string of the molecule is O=c1[nH]c2ccccc2n1CCCOCC1CCCNC1. The van der Waals surface area contributed by atoms with Gasteiger partial charge in [-0.15, -0.1) is 0 Å². The lowest BCUT2D eigenvalue weighted by Gasteiger charge is -2.22. The lowest BCUT2D eigenvalue weighted by Crippen LogP contribution is -2.32. The van der Waals surface area contributed by atoms with Crippen LogP contribution in [0.1, 0.15) is 19.3 Å². The third kappa shape index (κ3) is 3.54. The third-order valence-electron chi connectivity index (χ3n) is 4.10. The number of fused-ring (bicyclic) bond motifs is 1. The highest BCUT2D eigenvalue weighted by molar-refractivity contribution is 5.74.